The molecule has 2 rings (SSSR count). The molecule has 2 N–H and O–H groups in total. The summed E-state index contributed by atoms with van der Waals surface area (Å²) in [6, 6.07) is 10.6. The lowest BCUT2D eigenvalue weighted by atomic mass is 10.2. The number of ether oxygens (including phenoxy) is 1. The quantitative estimate of drug-likeness (QED) is 0.911. The third kappa shape index (κ3) is 4.13. The monoisotopic (exact) mass is 297 g/mol. The number of hydrogen-bond acceptors (Lipinski definition) is 3. The van der Waals surface area contributed by atoms with Crippen molar-refractivity contribution in [3.8, 4) is 11.5 Å². The summed E-state index contributed by atoms with van der Waals surface area (Å²) in [4.78, 5) is 11.9. The molecule has 0 heterocycles. The maximum absolute atomic E-state index is 12.3. The number of carbonyl (C=O) groups excluding carboxylic acids is 1. The highest BCUT2D eigenvalue weighted by atomic mass is 19.4. The van der Waals surface area contributed by atoms with E-state index in [1.807, 2.05) is 0 Å². The molecule has 0 saturated heterocycles. The molecule has 0 spiro atoms. The number of aromatic hydroxyl groups is 1. The second-order valence-electron chi connectivity index (χ2n) is 4.05. The van der Waals surface area contributed by atoms with Crippen molar-refractivity contribution < 1.29 is 27.8 Å². The molecule has 0 aromatic heterocycles. The summed E-state index contributed by atoms with van der Waals surface area (Å²) in [5.41, 5.74) is -0.0139. The second-order valence-corrected chi connectivity index (χ2v) is 4.05. The molecular formula is C14H10F3NO3. The number of anilines is 1. The number of carbonyl (C=O) groups is 1. The number of amides is 1. The Bertz CT molecular complexity index is 656. The molecule has 0 fully saturated rings. The van der Waals surface area contributed by atoms with Crippen molar-refractivity contribution in [3.63, 3.8) is 0 Å². The lowest BCUT2D eigenvalue weighted by molar-refractivity contribution is -0.274. The highest BCUT2D eigenvalue weighted by Gasteiger charge is 2.32. The number of alkyl halides is 3. The average molecular weight is 297 g/mol. The fourth-order valence-corrected chi connectivity index (χ4v) is 1.63. The van der Waals surface area contributed by atoms with Gasteiger partial charge >= 0.3 is 6.36 Å². The zero-order valence-electron chi connectivity index (χ0n) is 10.5. The number of nitrogens with one attached hydrogen (secondary N) is 1. The fourth-order valence-electron chi connectivity index (χ4n) is 1.63. The molecule has 7 heteroatoms. The van der Waals surface area contributed by atoms with Gasteiger partial charge in [-0.25, -0.2) is 0 Å². The van der Waals surface area contributed by atoms with E-state index >= 15 is 0 Å². The Labute approximate surface area is 117 Å². The van der Waals surface area contributed by atoms with Gasteiger partial charge in [-0.1, -0.05) is 18.2 Å². The van der Waals surface area contributed by atoms with Gasteiger partial charge < -0.3 is 15.2 Å². The van der Waals surface area contributed by atoms with E-state index in [1.165, 1.54) is 42.5 Å². The van der Waals surface area contributed by atoms with Gasteiger partial charge in [0.05, 0.1) is 5.69 Å². The van der Waals surface area contributed by atoms with Gasteiger partial charge in [0.2, 0.25) is 0 Å². The Morgan fingerprint density at radius 1 is 1.10 bits per heavy atom. The summed E-state index contributed by atoms with van der Waals surface area (Å²) in [5.74, 6) is -1.30. The van der Waals surface area contributed by atoms with Crippen molar-refractivity contribution in [2.75, 3.05) is 5.32 Å². The van der Waals surface area contributed by atoms with Crippen molar-refractivity contribution in [1.29, 1.82) is 0 Å². The molecule has 0 aliphatic carbocycles. The van der Waals surface area contributed by atoms with Gasteiger partial charge in [-0.2, -0.15) is 0 Å². The van der Waals surface area contributed by atoms with Gasteiger partial charge in [-0.3, -0.25) is 4.79 Å². The van der Waals surface area contributed by atoms with E-state index in [-0.39, 0.29) is 17.0 Å². The Balaban J connectivity index is 2.22. The van der Waals surface area contributed by atoms with E-state index in [1.54, 1.807) is 0 Å². The van der Waals surface area contributed by atoms with Crippen LogP contribution in [0.3, 0.4) is 0 Å². The van der Waals surface area contributed by atoms with Crippen molar-refractivity contribution in [2.24, 2.45) is 0 Å². The molecular weight excluding hydrogens is 287 g/mol. The van der Waals surface area contributed by atoms with Gasteiger partial charge in [0.1, 0.15) is 5.75 Å². The Hall–Kier alpha value is -2.70. The minimum Gasteiger partial charge on any atom is -0.508 e. The van der Waals surface area contributed by atoms with Crippen LogP contribution >= 0.6 is 0 Å². The van der Waals surface area contributed by atoms with Crippen molar-refractivity contribution in [2.45, 2.75) is 6.36 Å². The number of para-hydroxylation sites is 2. The average Bonchev–Trinajstić information content (AvgIpc) is 2.39. The normalized spacial score (nSPS) is 11.0. The topological polar surface area (TPSA) is 58.6 Å². The predicted octanol–water partition coefficient (Wildman–Crippen LogP) is 3.54. The molecule has 0 saturated carbocycles. The first-order chi connectivity index (χ1) is 9.85. The molecule has 0 aliphatic heterocycles. The van der Waals surface area contributed by atoms with E-state index in [4.69, 9.17) is 0 Å². The standard InChI is InChI=1S/C14H10F3NO3/c15-14(16,17)21-12-7-2-1-6-11(12)18-13(20)9-4-3-5-10(19)8-9/h1-8,19H,(H,18,20). The molecule has 0 radical (unpaired) electrons. The van der Waals surface area contributed by atoms with Crippen LogP contribution in [-0.4, -0.2) is 17.4 Å². The Kier molecular flexibility index (Phi) is 4.02. The van der Waals surface area contributed by atoms with Crippen LogP contribution in [0.5, 0.6) is 11.5 Å². The SMILES string of the molecule is O=C(Nc1ccccc1OC(F)(F)F)c1cccc(O)c1. The maximum atomic E-state index is 12.3. The molecule has 0 aliphatic rings. The van der Waals surface area contributed by atoms with Gasteiger partial charge in [-0.15, -0.1) is 13.2 Å². The van der Waals surface area contributed by atoms with E-state index < -0.39 is 18.0 Å². The molecule has 21 heavy (non-hydrogen) atoms. The Morgan fingerprint density at radius 2 is 1.81 bits per heavy atom. The third-order valence-corrected chi connectivity index (χ3v) is 2.47. The first-order valence-corrected chi connectivity index (χ1v) is 5.80. The van der Waals surface area contributed by atoms with E-state index in [2.05, 4.69) is 10.1 Å². The van der Waals surface area contributed by atoms with Crippen molar-refractivity contribution in [3.05, 3.63) is 54.1 Å². The summed E-state index contributed by atoms with van der Waals surface area (Å²) in [6.45, 7) is 0. The minimum atomic E-state index is -4.86. The van der Waals surface area contributed by atoms with Crippen LogP contribution in [-0.2, 0) is 0 Å². The highest BCUT2D eigenvalue weighted by Crippen LogP contribution is 2.30. The van der Waals surface area contributed by atoms with Crippen LogP contribution in [0.15, 0.2) is 48.5 Å². The molecule has 0 unspecified atom stereocenters. The van der Waals surface area contributed by atoms with Crippen LogP contribution in [0.1, 0.15) is 10.4 Å². The lowest BCUT2D eigenvalue weighted by Gasteiger charge is -2.13. The van der Waals surface area contributed by atoms with Crippen molar-refractivity contribution in [1.82, 2.24) is 0 Å². The molecule has 0 bridgehead atoms. The van der Waals surface area contributed by atoms with E-state index in [0.717, 1.165) is 6.07 Å². The zero-order chi connectivity index (χ0) is 15.5. The van der Waals surface area contributed by atoms with Crippen LogP contribution in [0.2, 0.25) is 0 Å². The van der Waals surface area contributed by atoms with Crippen LogP contribution in [0.4, 0.5) is 18.9 Å². The molecule has 0 atom stereocenters. The number of halogens is 3. The number of phenolic OH excluding ortho intramolecular Hbond substituents is 1. The summed E-state index contributed by atoms with van der Waals surface area (Å²) in [7, 11) is 0. The number of hydrogen-bond donors (Lipinski definition) is 2. The van der Waals surface area contributed by atoms with Gasteiger partial charge in [0, 0.05) is 5.56 Å². The fraction of sp³-hybridized carbons (Fsp3) is 0.0714. The lowest BCUT2D eigenvalue weighted by Crippen LogP contribution is -2.19. The largest absolute Gasteiger partial charge is 0.573 e. The summed E-state index contributed by atoms with van der Waals surface area (Å²) in [6.07, 6.45) is -4.86. The molecule has 2 aromatic carbocycles. The van der Waals surface area contributed by atoms with E-state index in [0.29, 0.717) is 0 Å². The predicted molar refractivity (Wildman–Crippen MR) is 69.2 cm³/mol. The smallest absolute Gasteiger partial charge is 0.508 e. The summed E-state index contributed by atoms with van der Waals surface area (Å²) >= 11 is 0. The molecule has 2 aromatic rings. The maximum Gasteiger partial charge on any atom is 0.573 e. The van der Waals surface area contributed by atoms with Crippen molar-refractivity contribution >= 4 is 11.6 Å². The van der Waals surface area contributed by atoms with Gasteiger partial charge in [0.15, 0.2) is 5.75 Å². The summed E-state index contributed by atoms with van der Waals surface area (Å²) in [5, 5.41) is 11.6. The zero-order valence-corrected chi connectivity index (χ0v) is 10.5. The first kappa shape index (κ1) is 14.7. The van der Waals surface area contributed by atoms with E-state index in [9.17, 15) is 23.1 Å². The Morgan fingerprint density at radius 3 is 2.48 bits per heavy atom. The molecule has 1 amide bonds. The van der Waals surface area contributed by atoms with Crippen LogP contribution in [0, 0.1) is 0 Å². The first-order valence-electron chi connectivity index (χ1n) is 5.80. The molecule has 110 valence electrons. The van der Waals surface area contributed by atoms with Crippen LogP contribution in [0.25, 0.3) is 0 Å². The third-order valence-electron chi connectivity index (χ3n) is 2.47. The van der Waals surface area contributed by atoms with Gasteiger partial charge in [-0.05, 0) is 30.3 Å². The second kappa shape index (κ2) is 5.74. The number of benzene rings is 2. The minimum absolute atomic E-state index is 0.108. The molecule has 4 nitrogen and oxygen atoms in total. The highest BCUT2D eigenvalue weighted by molar-refractivity contribution is 6.05. The van der Waals surface area contributed by atoms with Gasteiger partial charge in [0.25, 0.3) is 5.91 Å². The number of rotatable bonds is 3. The van der Waals surface area contributed by atoms with Crippen LogP contribution < -0.4 is 10.1 Å². The number of phenols is 1. The summed E-state index contributed by atoms with van der Waals surface area (Å²) < 4.78 is 40.6.